The Kier molecular flexibility index (Phi) is 4.97. The molecule has 1 saturated heterocycles. The van der Waals surface area contributed by atoms with Crippen molar-refractivity contribution in [1.29, 1.82) is 0 Å². The Bertz CT molecular complexity index is 1030. The maximum Gasteiger partial charge on any atom is 0.401 e. The van der Waals surface area contributed by atoms with Crippen LogP contribution in [0.2, 0.25) is 0 Å². The zero-order valence-electron chi connectivity index (χ0n) is 16.9. The van der Waals surface area contributed by atoms with Gasteiger partial charge in [-0.05, 0) is 48.6 Å². The van der Waals surface area contributed by atoms with Crippen LogP contribution in [0.1, 0.15) is 24.8 Å². The SMILES string of the molecule is O=C(NC1CCN(CC(F)(F)F)CC1)C1=C2C[C@H]2Nc2ccc(-c3cccnc3)cc21. The van der Waals surface area contributed by atoms with Crippen molar-refractivity contribution in [2.45, 2.75) is 37.5 Å². The summed E-state index contributed by atoms with van der Waals surface area (Å²) in [5.74, 6) is -0.127. The molecule has 5 rings (SSSR count). The number of alkyl halides is 3. The third-order valence-corrected chi connectivity index (χ3v) is 6.17. The Morgan fingerprint density at radius 2 is 2.00 bits per heavy atom. The molecule has 5 nitrogen and oxygen atoms in total. The third kappa shape index (κ3) is 4.30. The first-order valence-corrected chi connectivity index (χ1v) is 10.5. The largest absolute Gasteiger partial charge is 0.401 e. The molecule has 162 valence electrons. The minimum atomic E-state index is -4.19. The van der Waals surface area contributed by atoms with Crippen LogP contribution in [0.3, 0.4) is 0 Å². The lowest BCUT2D eigenvalue weighted by Gasteiger charge is -2.33. The molecule has 31 heavy (non-hydrogen) atoms. The molecular weight excluding hydrogens is 405 g/mol. The van der Waals surface area contributed by atoms with Gasteiger partial charge in [0.05, 0.1) is 12.6 Å². The van der Waals surface area contributed by atoms with Crippen molar-refractivity contribution in [3.05, 3.63) is 53.9 Å². The molecule has 1 atom stereocenters. The van der Waals surface area contributed by atoms with Crippen LogP contribution in [0.15, 0.2) is 48.3 Å². The molecule has 2 aliphatic heterocycles. The predicted molar refractivity (Wildman–Crippen MR) is 112 cm³/mol. The van der Waals surface area contributed by atoms with Crippen LogP contribution < -0.4 is 10.6 Å². The monoisotopic (exact) mass is 428 g/mol. The minimum Gasteiger partial charge on any atom is -0.378 e. The second-order valence-electron chi connectivity index (χ2n) is 8.44. The van der Waals surface area contributed by atoms with Gasteiger partial charge in [-0.2, -0.15) is 13.2 Å². The van der Waals surface area contributed by atoms with Crippen molar-refractivity contribution in [3.8, 4) is 11.1 Å². The number of carbonyl (C=O) groups is 1. The predicted octanol–water partition coefficient (Wildman–Crippen LogP) is 3.84. The molecule has 3 aliphatic rings. The average Bonchev–Trinajstić information content (AvgIpc) is 3.51. The smallest absolute Gasteiger partial charge is 0.378 e. The molecule has 0 spiro atoms. The number of piperidine rings is 1. The number of halogens is 3. The second kappa shape index (κ2) is 7.67. The molecule has 0 bridgehead atoms. The minimum absolute atomic E-state index is 0.109. The molecule has 0 unspecified atom stereocenters. The standard InChI is InChI=1S/C23H23F3N4O/c24-23(25,26)13-30-8-5-16(6-9-30)28-22(31)21-17-10-14(15-2-1-7-27-12-15)3-4-19(17)29-20-11-18(20)21/h1-4,7,10,12,16,20,29H,5-6,8-9,11,13H2,(H,28,31)/t20-/m1/s1. The van der Waals surface area contributed by atoms with Crippen LogP contribution in [-0.2, 0) is 4.79 Å². The van der Waals surface area contributed by atoms with E-state index >= 15 is 0 Å². The molecular formula is C23H23F3N4O. The number of hydrogen-bond acceptors (Lipinski definition) is 4. The fraction of sp³-hybridized carbons (Fsp3) is 0.391. The van der Waals surface area contributed by atoms with E-state index < -0.39 is 12.7 Å². The van der Waals surface area contributed by atoms with Gasteiger partial charge in [-0.3, -0.25) is 14.7 Å². The van der Waals surface area contributed by atoms with Gasteiger partial charge in [-0.15, -0.1) is 0 Å². The number of anilines is 1. The quantitative estimate of drug-likeness (QED) is 0.777. The van der Waals surface area contributed by atoms with Gasteiger partial charge < -0.3 is 10.6 Å². The Hall–Kier alpha value is -2.87. The van der Waals surface area contributed by atoms with Crippen molar-refractivity contribution >= 4 is 17.2 Å². The average molecular weight is 428 g/mol. The van der Waals surface area contributed by atoms with E-state index in [-0.39, 0.29) is 18.0 Å². The summed E-state index contributed by atoms with van der Waals surface area (Å²) in [6, 6.07) is 9.97. The Morgan fingerprint density at radius 1 is 1.19 bits per heavy atom. The van der Waals surface area contributed by atoms with Crippen LogP contribution in [0.5, 0.6) is 0 Å². The summed E-state index contributed by atoms with van der Waals surface area (Å²) in [4.78, 5) is 18.8. The number of benzene rings is 1. The van der Waals surface area contributed by atoms with Crippen molar-refractivity contribution in [2.24, 2.45) is 0 Å². The first-order valence-electron chi connectivity index (χ1n) is 10.5. The topological polar surface area (TPSA) is 57.3 Å². The highest BCUT2D eigenvalue weighted by Crippen LogP contribution is 2.47. The van der Waals surface area contributed by atoms with E-state index in [9.17, 15) is 18.0 Å². The number of fused-ring (bicyclic) bond motifs is 2. The molecule has 1 aromatic heterocycles. The van der Waals surface area contributed by atoms with Gasteiger partial charge in [0.15, 0.2) is 0 Å². The number of aromatic nitrogens is 1. The van der Waals surface area contributed by atoms with Crippen molar-refractivity contribution < 1.29 is 18.0 Å². The van der Waals surface area contributed by atoms with E-state index in [0.29, 0.717) is 31.5 Å². The fourth-order valence-corrected chi connectivity index (χ4v) is 4.54. The van der Waals surface area contributed by atoms with Gasteiger partial charge in [0, 0.05) is 53.9 Å². The molecule has 1 aliphatic carbocycles. The number of pyridine rings is 1. The summed E-state index contributed by atoms with van der Waals surface area (Å²) in [6.45, 7) is -0.217. The van der Waals surface area contributed by atoms with E-state index in [1.807, 2.05) is 30.3 Å². The number of hydrogen-bond donors (Lipinski definition) is 2. The zero-order chi connectivity index (χ0) is 21.6. The van der Waals surface area contributed by atoms with E-state index in [1.165, 1.54) is 4.90 Å². The van der Waals surface area contributed by atoms with Crippen molar-refractivity contribution in [3.63, 3.8) is 0 Å². The number of carbonyl (C=O) groups excluding carboxylic acids is 1. The lowest BCUT2D eigenvalue weighted by atomic mass is 9.94. The van der Waals surface area contributed by atoms with Crippen LogP contribution in [0, 0.1) is 0 Å². The van der Waals surface area contributed by atoms with E-state index in [1.54, 1.807) is 12.4 Å². The number of nitrogens with zero attached hydrogens (tertiary/aromatic N) is 2. The molecule has 1 amide bonds. The second-order valence-corrected chi connectivity index (χ2v) is 8.44. The van der Waals surface area contributed by atoms with E-state index in [4.69, 9.17) is 0 Å². The fourth-order valence-electron chi connectivity index (χ4n) is 4.54. The summed E-state index contributed by atoms with van der Waals surface area (Å²) < 4.78 is 37.8. The molecule has 2 N–H and O–H groups in total. The Balaban J connectivity index is 1.32. The summed E-state index contributed by atoms with van der Waals surface area (Å²) >= 11 is 0. The van der Waals surface area contributed by atoms with Crippen LogP contribution in [0.4, 0.5) is 18.9 Å². The lowest BCUT2D eigenvalue weighted by molar-refractivity contribution is -0.148. The maximum absolute atomic E-state index is 13.2. The van der Waals surface area contributed by atoms with Gasteiger partial charge in [-0.25, -0.2) is 0 Å². The Morgan fingerprint density at radius 3 is 2.71 bits per heavy atom. The normalized spacial score (nSPS) is 21.2. The molecule has 3 heterocycles. The highest BCUT2D eigenvalue weighted by Gasteiger charge is 2.41. The molecule has 8 heteroatoms. The summed E-state index contributed by atoms with van der Waals surface area (Å²) in [6.07, 6.45) is 1.21. The third-order valence-electron chi connectivity index (χ3n) is 6.17. The van der Waals surface area contributed by atoms with Crippen LogP contribution in [-0.4, -0.2) is 53.7 Å². The number of amides is 1. The number of likely N-dealkylation sites (tertiary alicyclic amines) is 1. The molecule has 2 aromatic rings. The van der Waals surface area contributed by atoms with Gasteiger partial charge in [0.2, 0.25) is 0 Å². The highest BCUT2D eigenvalue weighted by atomic mass is 19.4. The molecule has 0 radical (unpaired) electrons. The molecule has 1 aromatic carbocycles. The van der Waals surface area contributed by atoms with Gasteiger partial charge in [0.25, 0.3) is 5.91 Å². The molecule has 2 fully saturated rings. The first kappa shape index (κ1) is 20.1. The van der Waals surface area contributed by atoms with Gasteiger partial charge >= 0.3 is 6.18 Å². The number of rotatable bonds is 4. The zero-order valence-corrected chi connectivity index (χ0v) is 16.9. The van der Waals surface area contributed by atoms with Crippen molar-refractivity contribution in [1.82, 2.24) is 15.2 Å². The summed E-state index contributed by atoms with van der Waals surface area (Å²) in [7, 11) is 0. The summed E-state index contributed by atoms with van der Waals surface area (Å²) in [5, 5.41) is 6.55. The van der Waals surface area contributed by atoms with Gasteiger partial charge in [-0.1, -0.05) is 12.1 Å². The summed E-state index contributed by atoms with van der Waals surface area (Å²) in [5.41, 5.74) is 5.58. The van der Waals surface area contributed by atoms with E-state index in [2.05, 4.69) is 15.6 Å². The van der Waals surface area contributed by atoms with Crippen LogP contribution in [0.25, 0.3) is 16.7 Å². The maximum atomic E-state index is 13.2. The Labute approximate surface area is 178 Å². The van der Waals surface area contributed by atoms with E-state index in [0.717, 1.165) is 34.4 Å². The van der Waals surface area contributed by atoms with Crippen LogP contribution >= 0.6 is 0 Å². The van der Waals surface area contributed by atoms with Crippen molar-refractivity contribution in [2.75, 3.05) is 25.0 Å². The number of nitrogens with one attached hydrogen (secondary N) is 2. The molecule has 1 saturated carbocycles. The first-order chi connectivity index (χ1) is 14.9. The van der Waals surface area contributed by atoms with Gasteiger partial charge in [0.1, 0.15) is 0 Å². The highest BCUT2D eigenvalue weighted by molar-refractivity contribution is 6.24. The lowest BCUT2D eigenvalue weighted by Crippen LogP contribution is -2.47.